The molecule has 1 aromatic rings. The minimum absolute atomic E-state index is 0.0733. The van der Waals surface area contributed by atoms with E-state index in [9.17, 15) is 4.79 Å². The van der Waals surface area contributed by atoms with Gasteiger partial charge in [0.2, 0.25) is 5.91 Å². The van der Waals surface area contributed by atoms with Crippen LogP contribution in [0.1, 0.15) is 46.0 Å². The zero-order valence-electron chi connectivity index (χ0n) is 16.0. The Morgan fingerprint density at radius 1 is 1.36 bits per heavy atom. The summed E-state index contributed by atoms with van der Waals surface area (Å²) in [7, 11) is 1.64. The van der Waals surface area contributed by atoms with Gasteiger partial charge >= 0.3 is 0 Å². The quantitative estimate of drug-likeness (QED) is 0.578. The molecule has 1 amide bonds. The minimum Gasteiger partial charge on any atom is -0.497 e. The van der Waals surface area contributed by atoms with E-state index in [2.05, 4.69) is 24.5 Å². The van der Waals surface area contributed by atoms with Gasteiger partial charge in [0.05, 0.1) is 45.2 Å². The SMILES string of the molecule is COc1ccc(NC(=O)C[C@H](C)[NH2+]CCC[NH+]2CCCC[C@@H]2C)cc1. The molecule has 0 radical (unpaired) electrons. The van der Waals surface area contributed by atoms with Crippen molar-refractivity contribution in [2.24, 2.45) is 0 Å². The molecule has 0 aliphatic carbocycles. The van der Waals surface area contributed by atoms with Gasteiger partial charge in [0.25, 0.3) is 0 Å². The number of methoxy groups -OCH3 is 1. The molecular weight excluding hydrogens is 314 g/mol. The van der Waals surface area contributed by atoms with Crippen LogP contribution in [0, 0.1) is 0 Å². The summed E-state index contributed by atoms with van der Waals surface area (Å²) in [6.45, 7) is 8.21. The predicted octanol–water partition coefficient (Wildman–Crippen LogP) is 0.823. The fourth-order valence-electron chi connectivity index (χ4n) is 3.62. The van der Waals surface area contributed by atoms with Gasteiger partial charge in [-0.15, -0.1) is 0 Å². The summed E-state index contributed by atoms with van der Waals surface area (Å²) in [6, 6.07) is 8.58. The number of hydrogen-bond acceptors (Lipinski definition) is 2. The largest absolute Gasteiger partial charge is 0.497 e. The molecule has 1 unspecified atom stereocenters. The molecular formula is C20H35N3O2+2. The molecule has 5 heteroatoms. The van der Waals surface area contributed by atoms with Crippen LogP contribution in [0.4, 0.5) is 5.69 Å². The first-order valence-corrected chi connectivity index (χ1v) is 9.70. The topological polar surface area (TPSA) is 59.4 Å². The monoisotopic (exact) mass is 349 g/mol. The fourth-order valence-corrected chi connectivity index (χ4v) is 3.62. The van der Waals surface area contributed by atoms with Crippen molar-refractivity contribution in [3.63, 3.8) is 0 Å². The maximum atomic E-state index is 12.1. The predicted molar refractivity (Wildman–Crippen MR) is 101 cm³/mol. The van der Waals surface area contributed by atoms with Gasteiger partial charge in [-0.25, -0.2) is 0 Å². The van der Waals surface area contributed by atoms with Crippen LogP contribution in [0.2, 0.25) is 0 Å². The molecule has 1 aromatic carbocycles. The van der Waals surface area contributed by atoms with E-state index < -0.39 is 0 Å². The van der Waals surface area contributed by atoms with Crippen LogP contribution in [-0.4, -0.2) is 44.7 Å². The van der Waals surface area contributed by atoms with Gasteiger partial charge in [0.1, 0.15) is 5.75 Å². The van der Waals surface area contributed by atoms with Gasteiger partial charge in [0.15, 0.2) is 0 Å². The molecule has 25 heavy (non-hydrogen) atoms. The molecule has 1 aliphatic heterocycles. The van der Waals surface area contributed by atoms with Gasteiger partial charge in [-0.1, -0.05) is 0 Å². The van der Waals surface area contributed by atoms with Gasteiger partial charge in [0, 0.05) is 12.1 Å². The Balaban J connectivity index is 1.60. The number of anilines is 1. The summed E-state index contributed by atoms with van der Waals surface area (Å²) < 4.78 is 5.12. The maximum Gasteiger partial charge on any atom is 0.230 e. The van der Waals surface area contributed by atoms with Crippen molar-refractivity contribution >= 4 is 11.6 Å². The van der Waals surface area contributed by atoms with E-state index in [1.807, 2.05) is 24.3 Å². The van der Waals surface area contributed by atoms with Gasteiger partial charge in [-0.05, 0) is 57.4 Å². The van der Waals surface area contributed by atoms with E-state index in [-0.39, 0.29) is 5.91 Å². The molecule has 3 atom stereocenters. The summed E-state index contributed by atoms with van der Waals surface area (Å²) in [5.74, 6) is 0.869. The normalized spacial score (nSPS) is 21.6. The van der Waals surface area contributed by atoms with Crippen molar-refractivity contribution in [2.75, 3.05) is 32.1 Å². The Morgan fingerprint density at radius 3 is 2.80 bits per heavy atom. The molecule has 1 aliphatic rings. The number of carbonyl (C=O) groups is 1. The van der Waals surface area contributed by atoms with Crippen LogP contribution >= 0.6 is 0 Å². The van der Waals surface area contributed by atoms with Crippen LogP contribution < -0.4 is 20.3 Å². The number of benzene rings is 1. The lowest BCUT2D eigenvalue weighted by atomic mass is 10.0. The maximum absolute atomic E-state index is 12.1. The highest BCUT2D eigenvalue weighted by Crippen LogP contribution is 2.15. The highest BCUT2D eigenvalue weighted by Gasteiger charge is 2.21. The Hall–Kier alpha value is -1.59. The van der Waals surface area contributed by atoms with Gasteiger partial charge < -0.3 is 20.3 Å². The fraction of sp³-hybridized carbons (Fsp3) is 0.650. The number of rotatable bonds is 9. The first-order chi connectivity index (χ1) is 12.1. The van der Waals surface area contributed by atoms with E-state index in [1.54, 1.807) is 12.0 Å². The highest BCUT2D eigenvalue weighted by atomic mass is 16.5. The molecule has 4 N–H and O–H groups in total. The first kappa shape index (κ1) is 19.7. The third-order valence-corrected chi connectivity index (χ3v) is 5.23. The Bertz CT molecular complexity index is 518. The molecule has 5 nitrogen and oxygen atoms in total. The Morgan fingerprint density at radius 2 is 2.12 bits per heavy atom. The average Bonchev–Trinajstić information content (AvgIpc) is 2.60. The molecule has 1 heterocycles. The standard InChI is InChI=1S/C20H33N3O2/c1-16(21-12-6-14-23-13-5-4-7-17(23)2)15-20(24)22-18-8-10-19(25-3)11-9-18/h8-11,16-17,21H,4-7,12-15H2,1-3H3,(H,22,24)/p+2/t16-,17-/m0/s1. The first-order valence-electron chi connectivity index (χ1n) is 9.70. The molecule has 1 fully saturated rings. The number of ether oxygens (including phenoxy) is 1. The smallest absolute Gasteiger partial charge is 0.230 e. The lowest BCUT2D eigenvalue weighted by Crippen LogP contribution is -3.16. The zero-order chi connectivity index (χ0) is 18.1. The summed E-state index contributed by atoms with van der Waals surface area (Å²) >= 11 is 0. The molecule has 0 bridgehead atoms. The third-order valence-electron chi connectivity index (χ3n) is 5.23. The zero-order valence-corrected chi connectivity index (χ0v) is 16.0. The van der Waals surface area contributed by atoms with E-state index in [4.69, 9.17) is 4.74 Å². The van der Waals surface area contributed by atoms with Crippen LogP contribution in [0.25, 0.3) is 0 Å². The van der Waals surface area contributed by atoms with E-state index in [1.165, 1.54) is 38.8 Å². The van der Waals surface area contributed by atoms with Crippen LogP contribution in [0.5, 0.6) is 5.75 Å². The second-order valence-corrected chi connectivity index (χ2v) is 7.39. The summed E-state index contributed by atoms with van der Waals surface area (Å²) in [5.41, 5.74) is 0.820. The van der Waals surface area contributed by atoms with Crippen LogP contribution in [0.3, 0.4) is 0 Å². The Labute approximate surface area is 152 Å². The third kappa shape index (κ3) is 7.04. The number of quaternary nitrogens is 2. The number of hydrogen-bond donors (Lipinski definition) is 3. The lowest BCUT2D eigenvalue weighted by molar-refractivity contribution is -0.930. The van der Waals surface area contributed by atoms with Gasteiger partial charge in [-0.2, -0.15) is 0 Å². The van der Waals surface area contributed by atoms with Gasteiger partial charge in [-0.3, -0.25) is 4.79 Å². The lowest BCUT2D eigenvalue weighted by Gasteiger charge is -2.30. The van der Waals surface area contributed by atoms with Crippen molar-refractivity contribution in [3.05, 3.63) is 24.3 Å². The molecule has 2 rings (SSSR count). The second kappa shape index (κ2) is 10.4. The van der Waals surface area contributed by atoms with E-state index in [0.717, 1.165) is 24.0 Å². The average molecular weight is 350 g/mol. The molecule has 0 aromatic heterocycles. The number of amides is 1. The number of carbonyl (C=O) groups excluding carboxylic acids is 1. The minimum atomic E-state index is 0.0733. The van der Waals surface area contributed by atoms with E-state index >= 15 is 0 Å². The summed E-state index contributed by atoms with van der Waals surface area (Å²) in [5, 5.41) is 5.26. The van der Waals surface area contributed by atoms with Crippen LogP contribution in [-0.2, 0) is 4.79 Å². The summed E-state index contributed by atoms with van der Waals surface area (Å²) in [4.78, 5) is 13.9. The van der Waals surface area contributed by atoms with E-state index in [0.29, 0.717) is 12.5 Å². The Kier molecular flexibility index (Phi) is 8.22. The van der Waals surface area contributed by atoms with Crippen molar-refractivity contribution in [1.29, 1.82) is 0 Å². The molecule has 0 spiro atoms. The summed E-state index contributed by atoms with van der Waals surface area (Å²) in [6.07, 6.45) is 5.92. The number of likely N-dealkylation sites (tertiary alicyclic amines) is 1. The van der Waals surface area contributed by atoms with Crippen molar-refractivity contribution in [1.82, 2.24) is 0 Å². The highest BCUT2D eigenvalue weighted by molar-refractivity contribution is 5.90. The molecule has 1 saturated heterocycles. The molecule has 140 valence electrons. The number of nitrogens with two attached hydrogens (primary N) is 1. The molecule has 0 saturated carbocycles. The van der Waals surface area contributed by atoms with Crippen LogP contribution in [0.15, 0.2) is 24.3 Å². The van der Waals surface area contributed by atoms with Crippen molar-refractivity contribution < 1.29 is 19.7 Å². The number of nitrogens with one attached hydrogen (secondary N) is 2. The number of piperidine rings is 1. The second-order valence-electron chi connectivity index (χ2n) is 7.39. The van der Waals surface area contributed by atoms with Crippen molar-refractivity contribution in [3.8, 4) is 5.75 Å². The van der Waals surface area contributed by atoms with Crippen molar-refractivity contribution in [2.45, 2.75) is 58.0 Å².